The van der Waals surface area contributed by atoms with Crippen LogP contribution in [0.3, 0.4) is 0 Å². The van der Waals surface area contributed by atoms with Crippen LogP contribution in [-0.4, -0.2) is 44.2 Å². The van der Waals surface area contributed by atoms with Gasteiger partial charge in [0.1, 0.15) is 11.7 Å². The van der Waals surface area contributed by atoms with Gasteiger partial charge < -0.3 is 20.1 Å². The van der Waals surface area contributed by atoms with Crippen molar-refractivity contribution in [3.05, 3.63) is 24.3 Å². The van der Waals surface area contributed by atoms with Crippen LogP contribution in [0.25, 0.3) is 0 Å². The molecule has 0 spiro atoms. The molecule has 1 saturated heterocycles. The maximum atomic E-state index is 11.8. The van der Waals surface area contributed by atoms with Gasteiger partial charge in [0, 0.05) is 11.5 Å². The number of hydrogen-bond donors (Lipinski definition) is 3. The van der Waals surface area contributed by atoms with E-state index in [0.717, 1.165) is 0 Å². The molecule has 5 nitrogen and oxygen atoms in total. The summed E-state index contributed by atoms with van der Waals surface area (Å²) in [5.74, 6) is -1.56. The fourth-order valence-electron chi connectivity index (χ4n) is 3.95. The highest BCUT2D eigenvalue weighted by molar-refractivity contribution is 5.91. The molecular formula is C15H20O5. The van der Waals surface area contributed by atoms with Crippen LogP contribution in [0.1, 0.15) is 26.7 Å². The minimum Gasteiger partial charge on any atom is -0.458 e. The molecule has 20 heavy (non-hydrogen) atoms. The molecule has 3 unspecified atom stereocenters. The number of esters is 1. The van der Waals surface area contributed by atoms with Crippen LogP contribution in [-0.2, 0) is 9.53 Å². The number of ether oxygens (including phenoxy) is 1. The minimum absolute atomic E-state index is 0.278. The molecule has 3 aliphatic rings. The summed E-state index contributed by atoms with van der Waals surface area (Å²) in [5, 5.41) is 32.1. The van der Waals surface area contributed by atoms with Crippen LogP contribution in [0.5, 0.6) is 0 Å². The molecule has 3 rings (SSSR count). The second-order valence-corrected chi connectivity index (χ2v) is 6.68. The maximum Gasteiger partial charge on any atom is 0.334 e. The van der Waals surface area contributed by atoms with Gasteiger partial charge in [-0.25, -0.2) is 4.79 Å². The molecule has 1 aliphatic heterocycles. The quantitative estimate of drug-likeness (QED) is 0.337. The average Bonchev–Trinajstić information content (AvgIpc) is 2.70. The maximum absolute atomic E-state index is 11.8. The molecule has 2 fully saturated rings. The Balaban J connectivity index is 2.13. The third-order valence-electron chi connectivity index (χ3n) is 5.26. The highest BCUT2D eigenvalue weighted by Crippen LogP contribution is 2.54. The summed E-state index contributed by atoms with van der Waals surface area (Å²) in [7, 11) is 0. The number of hydrogen-bond acceptors (Lipinski definition) is 5. The SMILES string of the molecule is C=C1C(=O)O[C@H]2[C@H]1CCC(C)(O)C1(O)C=CC(C)(O)[C@H]21. The van der Waals surface area contributed by atoms with Crippen molar-refractivity contribution in [1.29, 1.82) is 0 Å². The first kappa shape index (κ1) is 13.8. The van der Waals surface area contributed by atoms with Crippen molar-refractivity contribution in [2.75, 3.05) is 0 Å². The highest BCUT2D eigenvalue weighted by Gasteiger charge is 2.66. The van der Waals surface area contributed by atoms with Crippen molar-refractivity contribution in [2.24, 2.45) is 11.8 Å². The Morgan fingerprint density at radius 2 is 1.95 bits per heavy atom. The van der Waals surface area contributed by atoms with Gasteiger partial charge in [0.2, 0.25) is 0 Å². The summed E-state index contributed by atoms with van der Waals surface area (Å²) >= 11 is 0. The Morgan fingerprint density at radius 3 is 2.60 bits per heavy atom. The van der Waals surface area contributed by atoms with Gasteiger partial charge in [-0.2, -0.15) is 0 Å². The molecule has 1 saturated carbocycles. The van der Waals surface area contributed by atoms with E-state index in [1.54, 1.807) is 13.8 Å². The van der Waals surface area contributed by atoms with Gasteiger partial charge in [0.05, 0.1) is 17.1 Å². The Kier molecular flexibility index (Phi) is 2.57. The van der Waals surface area contributed by atoms with Crippen LogP contribution >= 0.6 is 0 Å². The summed E-state index contributed by atoms with van der Waals surface area (Å²) in [5.41, 5.74) is -4.01. The topological polar surface area (TPSA) is 87.0 Å². The van der Waals surface area contributed by atoms with E-state index in [2.05, 4.69) is 6.58 Å². The van der Waals surface area contributed by atoms with Crippen molar-refractivity contribution >= 4 is 5.97 Å². The lowest BCUT2D eigenvalue weighted by Crippen LogP contribution is -2.60. The molecule has 0 aromatic carbocycles. The molecule has 110 valence electrons. The zero-order valence-electron chi connectivity index (χ0n) is 11.7. The van der Waals surface area contributed by atoms with Crippen molar-refractivity contribution in [1.82, 2.24) is 0 Å². The van der Waals surface area contributed by atoms with Crippen LogP contribution in [0.2, 0.25) is 0 Å². The third-order valence-corrected chi connectivity index (χ3v) is 5.26. The molecule has 0 radical (unpaired) electrons. The summed E-state index contributed by atoms with van der Waals surface area (Å²) in [4.78, 5) is 11.8. The van der Waals surface area contributed by atoms with Gasteiger partial charge >= 0.3 is 5.97 Å². The second-order valence-electron chi connectivity index (χ2n) is 6.68. The highest BCUT2D eigenvalue weighted by atomic mass is 16.6. The summed E-state index contributed by atoms with van der Waals surface area (Å²) < 4.78 is 5.36. The van der Waals surface area contributed by atoms with Crippen molar-refractivity contribution in [2.45, 2.75) is 49.6 Å². The first-order valence-corrected chi connectivity index (χ1v) is 6.87. The first-order valence-electron chi connectivity index (χ1n) is 6.87. The first-order chi connectivity index (χ1) is 9.10. The molecule has 3 N–H and O–H groups in total. The number of rotatable bonds is 0. The predicted molar refractivity (Wildman–Crippen MR) is 70.6 cm³/mol. The molecule has 1 heterocycles. The standard InChI is InChI=1S/C15H20O5/c1-8-9-4-5-14(3,18)15(19)7-6-13(2,17)11(15)10(9)20-12(8)16/h6-7,9-11,17-19H,1,4-5H2,2-3H3/t9-,10-,11-,13?,14?,15?/m0/s1. The van der Waals surface area contributed by atoms with Gasteiger partial charge in [-0.15, -0.1) is 0 Å². The summed E-state index contributed by atoms with van der Waals surface area (Å²) in [6.45, 7) is 6.86. The molecular weight excluding hydrogens is 260 g/mol. The molecule has 0 bridgehead atoms. The summed E-state index contributed by atoms with van der Waals surface area (Å²) in [6, 6.07) is 0. The molecule has 0 amide bonds. The molecule has 6 atom stereocenters. The lowest BCUT2D eigenvalue weighted by molar-refractivity contribution is -0.189. The Hall–Kier alpha value is -1.17. The van der Waals surface area contributed by atoms with E-state index in [1.165, 1.54) is 12.2 Å². The van der Waals surface area contributed by atoms with Gasteiger partial charge in [-0.3, -0.25) is 0 Å². The lowest BCUT2D eigenvalue weighted by Gasteiger charge is -2.44. The molecule has 0 aromatic heterocycles. The van der Waals surface area contributed by atoms with Gasteiger partial charge in [-0.05, 0) is 26.7 Å². The number of aliphatic hydroxyl groups is 3. The van der Waals surface area contributed by atoms with E-state index >= 15 is 0 Å². The van der Waals surface area contributed by atoms with Crippen LogP contribution in [0, 0.1) is 11.8 Å². The van der Waals surface area contributed by atoms with Crippen LogP contribution in [0.4, 0.5) is 0 Å². The predicted octanol–water partition coefficient (Wildman–Crippen LogP) is 0.297. The van der Waals surface area contributed by atoms with Gasteiger partial charge in [0.25, 0.3) is 0 Å². The number of carbonyl (C=O) groups excluding carboxylic acids is 1. The fraction of sp³-hybridized carbons (Fsp3) is 0.667. The average molecular weight is 280 g/mol. The normalized spacial score (nSPS) is 54.4. The monoisotopic (exact) mass is 280 g/mol. The largest absolute Gasteiger partial charge is 0.458 e. The minimum atomic E-state index is -1.62. The zero-order valence-corrected chi connectivity index (χ0v) is 11.7. The molecule has 0 aromatic rings. The van der Waals surface area contributed by atoms with Crippen molar-refractivity contribution in [3.63, 3.8) is 0 Å². The Bertz CT molecular complexity index is 518. The van der Waals surface area contributed by atoms with E-state index in [4.69, 9.17) is 4.74 Å². The number of carbonyl (C=O) groups is 1. The van der Waals surface area contributed by atoms with E-state index in [9.17, 15) is 20.1 Å². The Labute approximate surface area is 117 Å². The van der Waals surface area contributed by atoms with Gasteiger partial charge in [0.15, 0.2) is 0 Å². The molecule has 2 aliphatic carbocycles. The number of fused-ring (bicyclic) bond motifs is 3. The van der Waals surface area contributed by atoms with E-state index in [1.807, 2.05) is 0 Å². The molecule has 5 heteroatoms. The summed E-state index contributed by atoms with van der Waals surface area (Å²) in [6.07, 6.45) is 3.04. The van der Waals surface area contributed by atoms with Crippen molar-refractivity contribution in [3.8, 4) is 0 Å². The van der Waals surface area contributed by atoms with E-state index < -0.39 is 34.8 Å². The van der Waals surface area contributed by atoms with Crippen LogP contribution < -0.4 is 0 Å². The Morgan fingerprint density at radius 1 is 1.30 bits per heavy atom. The fourth-order valence-corrected chi connectivity index (χ4v) is 3.95. The van der Waals surface area contributed by atoms with E-state index in [-0.39, 0.29) is 5.92 Å². The smallest absolute Gasteiger partial charge is 0.334 e. The van der Waals surface area contributed by atoms with Crippen LogP contribution in [0.15, 0.2) is 24.3 Å². The lowest BCUT2D eigenvalue weighted by atomic mass is 9.70. The zero-order chi connectivity index (χ0) is 14.9. The van der Waals surface area contributed by atoms with Gasteiger partial charge in [-0.1, -0.05) is 18.7 Å². The third kappa shape index (κ3) is 1.51. The second kappa shape index (κ2) is 3.72. The van der Waals surface area contributed by atoms with Crippen molar-refractivity contribution < 1.29 is 24.9 Å². The van der Waals surface area contributed by atoms with E-state index in [0.29, 0.717) is 18.4 Å².